The topological polar surface area (TPSA) is 46.2 Å². The lowest BCUT2D eigenvalue weighted by Gasteiger charge is -2.15. The minimum absolute atomic E-state index is 0.203. The van der Waals surface area contributed by atoms with Crippen molar-refractivity contribution in [2.75, 3.05) is 5.32 Å². The molecule has 0 heterocycles. The Morgan fingerprint density at radius 1 is 1.10 bits per heavy atom. The van der Waals surface area contributed by atoms with Crippen molar-refractivity contribution >= 4 is 17.9 Å². The second-order valence-corrected chi connectivity index (χ2v) is 6.03. The van der Waals surface area contributed by atoms with Gasteiger partial charge in [0.1, 0.15) is 0 Å². The van der Waals surface area contributed by atoms with Crippen LogP contribution in [0.4, 0.5) is 5.69 Å². The Hall–Kier alpha value is -1.64. The van der Waals surface area contributed by atoms with Crippen LogP contribution in [0, 0.1) is 5.92 Å². The molecule has 0 radical (unpaired) electrons. The van der Waals surface area contributed by atoms with E-state index in [1.165, 1.54) is 51.4 Å². The summed E-state index contributed by atoms with van der Waals surface area (Å²) >= 11 is 0. The predicted molar refractivity (Wildman–Crippen MR) is 85.5 cm³/mol. The number of amides is 1. The molecule has 114 valence electrons. The van der Waals surface area contributed by atoms with Crippen LogP contribution in [-0.2, 0) is 4.79 Å². The maximum atomic E-state index is 12.4. The zero-order valence-corrected chi connectivity index (χ0v) is 12.6. The number of carbonyl (C=O) groups excluding carboxylic acids is 2. The Morgan fingerprint density at radius 3 is 2.43 bits per heavy atom. The predicted octanol–water partition coefficient (Wildman–Crippen LogP) is 4.58. The van der Waals surface area contributed by atoms with Crippen LogP contribution < -0.4 is 5.32 Å². The highest BCUT2D eigenvalue weighted by Crippen LogP contribution is 2.26. The monoisotopic (exact) mass is 287 g/mol. The van der Waals surface area contributed by atoms with Gasteiger partial charge in [-0.2, -0.15) is 0 Å². The van der Waals surface area contributed by atoms with Gasteiger partial charge in [-0.15, -0.1) is 0 Å². The number of anilines is 1. The highest BCUT2D eigenvalue weighted by Gasteiger charge is 2.16. The van der Waals surface area contributed by atoms with E-state index in [4.69, 9.17) is 0 Å². The van der Waals surface area contributed by atoms with Gasteiger partial charge in [-0.25, -0.2) is 0 Å². The normalized spacial score (nSPS) is 17.3. The van der Waals surface area contributed by atoms with Crippen molar-refractivity contribution in [1.82, 2.24) is 0 Å². The smallest absolute Gasteiger partial charge is 0.211 e. The molecule has 1 aliphatic rings. The fraction of sp³-hybridized carbons (Fsp3) is 0.556. The Labute approximate surface area is 127 Å². The van der Waals surface area contributed by atoms with E-state index in [1.807, 2.05) is 12.1 Å². The van der Waals surface area contributed by atoms with Crippen LogP contribution in [0.1, 0.15) is 68.1 Å². The molecule has 0 aromatic heterocycles. The molecule has 1 N–H and O–H groups in total. The highest BCUT2D eigenvalue weighted by molar-refractivity contribution is 5.97. The van der Waals surface area contributed by atoms with Crippen LogP contribution >= 0.6 is 0 Å². The molecule has 1 amide bonds. The SMILES string of the molecule is O=CNc1cccc(C(=O)CC2CCCCCCCC2)c1. The van der Waals surface area contributed by atoms with E-state index >= 15 is 0 Å². The van der Waals surface area contributed by atoms with Crippen molar-refractivity contribution in [2.24, 2.45) is 5.92 Å². The lowest BCUT2D eigenvalue weighted by molar-refractivity contribution is -0.105. The number of hydrogen-bond donors (Lipinski definition) is 1. The van der Waals surface area contributed by atoms with Gasteiger partial charge in [-0.1, -0.05) is 63.5 Å². The first kappa shape index (κ1) is 15.7. The van der Waals surface area contributed by atoms with Crippen molar-refractivity contribution < 1.29 is 9.59 Å². The van der Waals surface area contributed by atoms with Crippen molar-refractivity contribution in [3.8, 4) is 0 Å². The summed E-state index contributed by atoms with van der Waals surface area (Å²) in [6.07, 6.45) is 11.5. The molecule has 1 aliphatic carbocycles. The third kappa shape index (κ3) is 5.33. The van der Waals surface area contributed by atoms with E-state index in [0.717, 1.165) is 0 Å². The minimum Gasteiger partial charge on any atom is -0.329 e. The number of hydrogen-bond acceptors (Lipinski definition) is 2. The summed E-state index contributed by atoms with van der Waals surface area (Å²) in [7, 11) is 0. The Kier molecular flexibility index (Phi) is 6.45. The number of carbonyl (C=O) groups is 2. The Morgan fingerprint density at radius 2 is 1.76 bits per heavy atom. The molecule has 21 heavy (non-hydrogen) atoms. The fourth-order valence-corrected chi connectivity index (χ4v) is 3.15. The summed E-state index contributed by atoms with van der Waals surface area (Å²) in [4.78, 5) is 22.9. The van der Waals surface area contributed by atoms with Crippen molar-refractivity contribution in [2.45, 2.75) is 57.8 Å². The van der Waals surface area contributed by atoms with Gasteiger partial charge in [0.25, 0.3) is 0 Å². The van der Waals surface area contributed by atoms with Crippen LogP contribution in [0.25, 0.3) is 0 Å². The van der Waals surface area contributed by atoms with E-state index in [2.05, 4.69) is 5.32 Å². The van der Waals surface area contributed by atoms with Crippen molar-refractivity contribution in [3.05, 3.63) is 29.8 Å². The van der Waals surface area contributed by atoms with E-state index in [9.17, 15) is 9.59 Å². The van der Waals surface area contributed by atoms with Crippen LogP contribution in [0.2, 0.25) is 0 Å². The zero-order valence-electron chi connectivity index (χ0n) is 12.6. The van der Waals surface area contributed by atoms with Crippen LogP contribution in [0.3, 0.4) is 0 Å². The van der Waals surface area contributed by atoms with Crippen LogP contribution in [-0.4, -0.2) is 12.2 Å². The molecule has 3 nitrogen and oxygen atoms in total. The Balaban J connectivity index is 1.95. The van der Waals surface area contributed by atoms with Gasteiger partial charge in [0.2, 0.25) is 6.41 Å². The third-order valence-electron chi connectivity index (χ3n) is 4.36. The largest absolute Gasteiger partial charge is 0.329 e. The van der Waals surface area contributed by atoms with Gasteiger partial charge in [-0.05, 0) is 18.1 Å². The number of rotatable bonds is 5. The fourth-order valence-electron chi connectivity index (χ4n) is 3.15. The Bertz CT molecular complexity index is 460. The average molecular weight is 287 g/mol. The molecule has 0 bridgehead atoms. The molecule has 1 saturated carbocycles. The highest BCUT2D eigenvalue weighted by atomic mass is 16.1. The molecular weight excluding hydrogens is 262 g/mol. The first-order valence-electron chi connectivity index (χ1n) is 8.13. The lowest BCUT2D eigenvalue weighted by Crippen LogP contribution is -2.09. The second-order valence-electron chi connectivity index (χ2n) is 6.03. The summed E-state index contributed by atoms with van der Waals surface area (Å²) in [6.45, 7) is 0. The minimum atomic E-state index is 0.203. The number of nitrogens with one attached hydrogen (secondary N) is 1. The maximum absolute atomic E-state index is 12.4. The van der Waals surface area contributed by atoms with Gasteiger partial charge in [-0.3, -0.25) is 9.59 Å². The van der Waals surface area contributed by atoms with Gasteiger partial charge >= 0.3 is 0 Å². The van der Waals surface area contributed by atoms with Gasteiger partial charge in [0.15, 0.2) is 5.78 Å². The number of ketones is 1. The van der Waals surface area contributed by atoms with Crippen LogP contribution in [0.5, 0.6) is 0 Å². The van der Waals surface area contributed by atoms with E-state index < -0.39 is 0 Å². The van der Waals surface area contributed by atoms with Crippen molar-refractivity contribution in [3.63, 3.8) is 0 Å². The standard InChI is InChI=1S/C18H25NO2/c20-14-19-17-11-7-10-16(13-17)18(21)12-15-8-5-3-1-2-4-6-9-15/h7,10-11,13-15H,1-6,8-9,12H2,(H,19,20). The average Bonchev–Trinajstić information content (AvgIpc) is 2.62. The van der Waals surface area contributed by atoms with Gasteiger partial charge in [0, 0.05) is 17.7 Å². The van der Waals surface area contributed by atoms with Crippen molar-refractivity contribution in [1.29, 1.82) is 0 Å². The molecule has 0 spiro atoms. The van der Waals surface area contributed by atoms with Gasteiger partial charge in [0.05, 0.1) is 0 Å². The first-order valence-corrected chi connectivity index (χ1v) is 8.13. The summed E-state index contributed by atoms with van der Waals surface area (Å²) in [6, 6.07) is 7.23. The maximum Gasteiger partial charge on any atom is 0.211 e. The lowest BCUT2D eigenvalue weighted by atomic mass is 9.90. The zero-order chi connectivity index (χ0) is 14.9. The molecule has 1 aromatic carbocycles. The summed E-state index contributed by atoms with van der Waals surface area (Å²) in [5.41, 5.74) is 1.40. The quantitative estimate of drug-likeness (QED) is 0.636. The molecular formula is C18H25NO2. The molecule has 0 unspecified atom stereocenters. The molecule has 0 atom stereocenters. The molecule has 0 saturated heterocycles. The summed E-state index contributed by atoms with van der Waals surface area (Å²) in [5.74, 6) is 0.729. The van der Waals surface area contributed by atoms with Crippen LogP contribution in [0.15, 0.2) is 24.3 Å². The summed E-state index contributed by atoms with van der Waals surface area (Å²) in [5, 5.41) is 2.60. The summed E-state index contributed by atoms with van der Waals surface area (Å²) < 4.78 is 0. The van der Waals surface area contributed by atoms with E-state index in [0.29, 0.717) is 30.0 Å². The molecule has 2 rings (SSSR count). The second kappa shape index (κ2) is 8.60. The molecule has 0 aliphatic heterocycles. The van der Waals surface area contributed by atoms with Gasteiger partial charge < -0.3 is 5.32 Å². The van der Waals surface area contributed by atoms with E-state index in [-0.39, 0.29) is 5.78 Å². The molecule has 1 aromatic rings. The number of benzene rings is 1. The van der Waals surface area contributed by atoms with E-state index in [1.54, 1.807) is 12.1 Å². The third-order valence-corrected chi connectivity index (χ3v) is 4.36. The first-order chi connectivity index (χ1) is 10.3. The molecule has 3 heteroatoms. The number of Topliss-reactive ketones (excluding diaryl/α,β-unsaturated/α-hetero) is 1. The molecule has 1 fully saturated rings.